The van der Waals surface area contributed by atoms with Crippen LogP contribution >= 0.6 is 11.3 Å². The molecule has 0 radical (unpaired) electrons. The van der Waals surface area contributed by atoms with Crippen LogP contribution in [0, 0.1) is 6.92 Å². The second-order valence-corrected chi connectivity index (χ2v) is 3.85. The van der Waals surface area contributed by atoms with Crippen LogP contribution in [0.5, 0.6) is 0 Å². The van der Waals surface area contributed by atoms with Crippen molar-refractivity contribution in [2.45, 2.75) is 13.5 Å². The van der Waals surface area contributed by atoms with Gasteiger partial charge in [0.2, 0.25) is 0 Å². The molecule has 0 aliphatic carbocycles. The molecule has 0 aliphatic rings. The molecule has 6 heteroatoms. The van der Waals surface area contributed by atoms with Crippen LogP contribution in [-0.2, 0) is 6.54 Å². The lowest BCUT2D eigenvalue weighted by Crippen LogP contribution is -2.07. The van der Waals surface area contributed by atoms with E-state index in [9.17, 15) is 0 Å². The van der Waals surface area contributed by atoms with Gasteiger partial charge >= 0.3 is 0 Å². The SMILES string of the molecule is Cc1nc(N(C)C)sc1CN=[N+]=[N-]. The minimum Gasteiger partial charge on any atom is -0.354 e. The summed E-state index contributed by atoms with van der Waals surface area (Å²) < 4.78 is 0. The molecule has 1 aromatic heterocycles. The Labute approximate surface area is 80.6 Å². The van der Waals surface area contributed by atoms with Crippen molar-refractivity contribution in [3.8, 4) is 0 Å². The number of nitrogens with zero attached hydrogens (tertiary/aromatic N) is 5. The number of aryl methyl sites for hydroxylation is 1. The molecule has 0 saturated heterocycles. The molecule has 0 bridgehead atoms. The fourth-order valence-electron chi connectivity index (χ4n) is 0.847. The maximum absolute atomic E-state index is 8.17. The first-order valence-corrected chi connectivity index (χ1v) is 4.61. The van der Waals surface area contributed by atoms with Crippen LogP contribution in [0.1, 0.15) is 10.6 Å². The normalized spacial score (nSPS) is 9.46. The summed E-state index contributed by atoms with van der Waals surface area (Å²) in [5.74, 6) is 0. The lowest BCUT2D eigenvalue weighted by atomic mass is 10.4. The van der Waals surface area contributed by atoms with Gasteiger partial charge in [0, 0.05) is 23.9 Å². The first-order chi connectivity index (χ1) is 6.15. The Morgan fingerprint density at radius 1 is 1.62 bits per heavy atom. The minimum absolute atomic E-state index is 0.397. The van der Waals surface area contributed by atoms with Gasteiger partial charge in [-0.15, -0.1) is 11.3 Å². The first-order valence-electron chi connectivity index (χ1n) is 3.79. The fraction of sp³-hybridized carbons (Fsp3) is 0.571. The summed E-state index contributed by atoms with van der Waals surface area (Å²) in [6, 6.07) is 0. The molecular formula is C7H11N5S. The Balaban J connectivity index is 2.89. The first kappa shape index (κ1) is 9.83. The van der Waals surface area contributed by atoms with Crippen LogP contribution < -0.4 is 4.90 Å². The number of hydrogen-bond donors (Lipinski definition) is 0. The summed E-state index contributed by atoms with van der Waals surface area (Å²) in [7, 11) is 3.88. The highest BCUT2D eigenvalue weighted by atomic mass is 32.1. The molecule has 70 valence electrons. The summed E-state index contributed by atoms with van der Waals surface area (Å²) >= 11 is 1.56. The van der Waals surface area contributed by atoms with E-state index in [1.165, 1.54) is 0 Å². The van der Waals surface area contributed by atoms with E-state index >= 15 is 0 Å². The van der Waals surface area contributed by atoms with E-state index in [1.807, 2.05) is 25.9 Å². The van der Waals surface area contributed by atoms with Crippen molar-refractivity contribution in [3.63, 3.8) is 0 Å². The Morgan fingerprint density at radius 2 is 2.31 bits per heavy atom. The summed E-state index contributed by atoms with van der Waals surface area (Å²) in [5, 5.41) is 4.45. The van der Waals surface area contributed by atoms with Crippen molar-refractivity contribution in [1.82, 2.24) is 4.98 Å². The van der Waals surface area contributed by atoms with E-state index in [-0.39, 0.29) is 0 Å². The molecule has 0 atom stereocenters. The van der Waals surface area contributed by atoms with Gasteiger partial charge in [-0.25, -0.2) is 4.98 Å². The summed E-state index contributed by atoms with van der Waals surface area (Å²) in [4.78, 5) is 10.0. The van der Waals surface area contributed by atoms with Crippen molar-refractivity contribution in [2.24, 2.45) is 5.11 Å². The summed E-state index contributed by atoms with van der Waals surface area (Å²) in [6.45, 7) is 2.32. The largest absolute Gasteiger partial charge is 0.354 e. The third-order valence-corrected chi connectivity index (χ3v) is 2.85. The molecule has 13 heavy (non-hydrogen) atoms. The molecule has 0 aromatic carbocycles. The van der Waals surface area contributed by atoms with E-state index < -0.39 is 0 Å². The van der Waals surface area contributed by atoms with Gasteiger partial charge in [-0.3, -0.25) is 0 Å². The second kappa shape index (κ2) is 4.11. The Hall–Kier alpha value is -1.26. The molecule has 0 N–H and O–H groups in total. The van der Waals surface area contributed by atoms with Crippen LogP contribution in [0.25, 0.3) is 10.4 Å². The van der Waals surface area contributed by atoms with Crippen molar-refractivity contribution in [2.75, 3.05) is 19.0 Å². The van der Waals surface area contributed by atoms with Gasteiger partial charge in [0.1, 0.15) is 0 Å². The van der Waals surface area contributed by atoms with Gasteiger partial charge in [-0.1, -0.05) is 5.11 Å². The number of rotatable bonds is 3. The average molecular weight is 197 g/mol. The van der Waals surface area contributed by atoms with Gasteiger partial charge in [0.15, 0.2) is 5.13 Å². The maximum Gasteiger partial charge on any atom is 0.185 e. The molecule has 5 nitrogen and oxygen atoms in total. The quantitative estimate of drug-likeness (QED) is 0.424. The van der Waals surface area contributed by atoms with Crippen molar-refractivity contribution < 1.29 is 0 Å². The molecule has 0 aliphatic heterocycles. The van der Waals surface area contributed by atoms with Gasteiger partial charge in [-0.2, -0.15) is 0 Å². The predicted molar refractivity (Wildman–Crippen MR) is 54.0 cm³/mol. The standard InChI is InChI=1S/C7H11N5S/c1-5-6(4-9-11-8)13-7(10-5)12(2)3/h4H2,1-3H3. The van der Waals surface area contributed by atoms with Crippen LogP contribution in [0.3, 0.4) is 0 Å². The molecule has 1 rings (SSSR count). The lowest BCUT2D eigenvalue weighted by Gasteiger charge is -2.04. The molecule has 0 fully saturated rings. The van der Waals surface area contributed by atoms with Crippen molar-refractivity contribution in [1.29, 1.82) is 0 Å². The molecule has 0 unspecified atom stereocenters. The number of aromatic nitrogens is 1. The summed E-state index contributed by atoms with van der Waals surface area (Å²) in [6.07, 6.45) is 0. The van der Waals surface area contributed by atoms with E-state index in [0.29, 0.717) is 6.54 Å². The zero-order valence-corrected chi connectivity index (χ0v) is 8.67. The number of anilines is 1. The monoisotopic (exact) mass is 197 g/mol. The number of azide groups is 1. The lowest BCUT2D eigenvalue weighted by molar-refractivity contribution is 1.03. The van der Waals surface area contributed by atoms with E-state index in [4.69, 9.17) is 5.53 Å². The second-order valence-electron chi connectivity index (χ2n) is 2.79. The number of thiazole rings is 1. The van der Waals surface area contributed by atoms with E-state index in [2.05, 4.69) is 15.0 Å². The average Bonchev–Trinajstić information content (AvgIpc) is 2.44. The molecule has 1 heterocycles. The predicted octanol–water partition coefficient (Wildman–Crippen LogP) is 2.33. The Bertz CT molecular complexity index is 337. The fourth-order valence-corrected chi connectivity index (χ4v) is 1.75. The number of hydrogen-bond acceptors (Lipinski definition) is 4. The minimum atomic E-state index is 0.397. The van der Waals surface area contributed by atoms with Crippen molar-refractivity contribution in [3.05, 3.63) is 21.0 Å². The van der Waals surface area contributed by atoms with Crippen LogP contribution in [0.2, 0.25) is 0 Å². The van der Waals surface area contributed by atoms with Crippen LogP contribution in [0.4, 0.5) is 5.13 Å². The van der Waals surface area contributed by atoms with Gasteiger partial charge in [0.05, 0.1) is 12.2 Å². The molecular weight excluding hydrogens is 186 g/mol. The zero-order valence-electron chi connectivity index (χ0n) is 7.85. The van der Waals surface area contributed by atoms with Crippen LogP contribution in [-0.4, -0.2) is 19.1 Å². The van der Waals surface area contributed by atoms with E-state index in [1.54, 1.807) is 11.3 Å². The third kappa shape index (κ3) is 2.34. The highest BCUT2D eigenvalue weighted by Gasteiger charge is 2.07. The summed E-state index contributed by atoms with van der Waals surface area (Å²) in [5.41, 5.74) is 9.11. The molecule has 0 spiro atoms. The molecule has 1 aromatic rings. The van der Waals surface area contributed by atoms with Crippen molar-refractivity contribution >= 4 is 16.5 Å². The topological polar surface area (TPSA) is 64.9 Å². The highest BCUT2D eigenvalue weighted by molar-refractivity contribution is 7.15. The highest BCUT2D eigenvalue weighted by Crippen LogP contribution is 2.24. The van der Waals surface area contributed by atoms with Gasteiger partial charge in [-0.05, 0) is 12.5 Å². The molecule has 0 amide bonds. The smallest absolute Gasteiger partial charge is 0.185 e. The Kier molecular flexibility index (Phi) is 3.11. The third-order valence-electron chi connectivity index (χ3n) is 1.54. The Morgan fingerprint density at radius 3 is 2.77 bits per heavy atom. The van der Waals surface area contributed by atoms with Gasteiger partial charge in [0.25, 0.3) is 0 Å². The maximum atomic E-state index is 8.17. The zero-order chi connectivity index (χ0) is 9.84. The van der Waals surface area contributed by atoms with Crippen LogP contribution in [0.15, 0.2) is 5.11 Å². The van der Waals surface area contributed by atoms with E-state index in [0.717, 1.165) is 15.7 Å². The molecule has 0 saturated carbocycles. The van der Waals surface area contributed by atoms with Gasteiger partial charge < -0.3 is 4.90 Å².